The predicted molar refractivity (Wildman–Crippen MR) is 58.6 cm³/mol. The lowest BCUT2D eigenvalue weighted by Crippen LogP contribution is -2.01. The van der Waals surface area contributed by atoms with Crippen molar-refractivity contribution in [3.63, 3.8) is 0 Å². The van der Waals surface area contributed by atoms with Gasteiger partial charge in [-0.1, -0.05) is 0 Å². The lowest BCUT2D eigenvalue weighted by atomic mass is 10.2. The first kappa shape index (κ1) is 12.7. The van der Waals surface area contributed by atoms with Gasteiger partial charge < -0.3 is 4.74 Å². The van der Waals surface area contributed by atoms with Gasteiger partial charge in [0.05, 0.1) is 17.6 Å². The number of benzene rings is 1. The number of ether oxygens (including phenoxy) is 1. The number of halogens is 2. The molecule has 0 N–H and O–H groups in total. The van der Waals surface area contributed by atoms with Crippen molar-refractivity contribution in [1.82, 2.24) is 0 Å². The third-order valence-electron chi connectivity index (χ3n) is 1.98. The summed E-state index contributed by atoms with van der Waals surface area (Å²) >= 11 is 5.44. The lowest BCUT2D eigenvalue weighted by Gasteiger charge is -2.07. The van der Waals surface area contributed by atoms with Crippen molar-refractivity contribution in [2.75, 3.05) is 12.5 Å². The van der Waals surface area contributed by atoms with E-state index in [-0.39, 0.29) is 18.0 Å². The molecule has 1 rings (SSSR count). The molecule has 0 atom stereocenters. The summed E-state index contributed by atoms with van der Waals surface area (Å²) in [4.78, 5) is 9.90. The SMILES string of the molecule is Cc1cc(OCCCCl)c(F)cc1[N+](=O)[O-]. The van der Waals surface area contributed by atoms with Crippen LogP contribution in [0.15, 0.2) is 12.1 Å². The van der Waals surface area contributed by atoms with Crippen LogP contribution in [0.2, 0.25) is 0 Å². The second kappa shape index (κ2) is 5.65. The van der Waals surface area contributed by atoms with Crippen LogP contribution in [0.25, 0.3) is 0 Å². The lowest BCUT2D eigenvalue weighted by molar-refractivity contribution is -0.385. The molecule has 0 aliphatic carbocycles. The molecule has 0 aliphatic rings. The van der Waals surface area contributed by atoms with Crippen LogP contribution in [0, 0.1) is 22.9 Å². The van der Waals surface area contributed by atoms with Gasteiger partial charge in [0.25, 0.3) is 5.69 Å². The molecule has 0 saturated heterocycles. The summed E-state index contributed by atoms with van der Waals surface area (Å²) in [5, 5.41) is 10.5. The smallest absolute Gasteiger partial charge is 0.275 e. The molecule has 1 aromatic carbocycles. The Morgan fingerprint density at radius 1 is 1.56 bits per heavy atom. The second-order valence-corrected chi connectivity index (χ2v) is 3.60. The fourth-order valence-corrected chi connectivity index (χ4v) is 1.30. The van der Waals surface area contributed by atoms with E-state index in [4.69, 9.17) is 16.3 Å². The Hall–Kier alpha value is -1.36. The average Bonchev–Trinajstić information content (AvgIpc) is 2.22. The third kappa shape index (κ3) is 3.06. The number of alkyl halides is 1. The zero-order valence-electron chi connectivity index (χ0n) is 8.70. The fraction of sp³-hybridized carbons (Fsp3) is 0.400. The van der Waals surface area contributed by atoms with Crippen LogP contribution >= 0.6 is 11.6 Å². The normalized spacial score (nSPS) is 10.2. The maximum absolute atomic E-state index is 13.4. The standard InChI is InChI=1S/C10H11ClFNO3/c1-7-5-10(16-4-2-3-11)8(12)6-9(7)13(14)15/h5-6H,2-4H2,1H3. The molecule has 0 fully saturated rings. The monoisotopic (exact) mass is 247 g/mol. The van der Waals surface area contributed by atoms with E-state index in [2.05, 4.69) is 0 Å². The Morgan fingerprint density at radius 3 is 2.81 bits per heavy atom. The Balaban J connectivity index is 2.88. The van der Waals surface area contributed by atoms with E-state index in [1.54, 1.807) is 0 Å². The fourth-order valence-electron chi connectivity index (χ4n) is 1.19. The van der Waals surface area contributed by atoms with Crippen LogP contribution in [-0.4, -0.2) is 17.4 Å². The van der Waals surface area contributed by atoms with Crippen molar-refractivity contribution < 1.29 is 14.1 Å². The summed E-state index contributed by atoms with van der Waals surface area (Å²) in [6, 6.07) is 2.19. The molecule has 4 nitrogen and oxygen atoms in total. The minimum Gasteiger partial charge on any atom is -0.490 e. The maximum Gasteiger partial charge on any atom is 0.275 e. The van der Waals surface area contributed by atoms with Gasteiger partial charge in [0.15, 0.2) is 11.6 Å². The topological polar surface area (TPSA) is 52.4 Å². The predicted octanol–water partition coefficient (Wildman–Crippen LogP) is 3.05. The Morgan fingerprint density at radius 2 is 2.25 bits per heavy atom. The number of aryl methyl sites for hydroxylation is 1. The highest BCUT2D eigenvalue weighted by atomic mass is 35.5. The number of nitrogens with zero attached hydrogens (tertiary/aromatic N) is 1. The zero-order valence-corrected chi connectivity index (χ0v) is 9.46. The van der Waals surface area contributed by atoms with Crippen molar-refractivity contribution in [1.29, 1.82) is 0 Å². The average molecular weight is 248 g/mol. The van der Waals surface area contributed by atoms with Crippen LogP contribution in [0.4, 0.5) is 10.1 Å². The van der Waals surface area contributed by atoms with Crippen LogP contribution in [-0.2, 0) is 0 Å². The first-order valence-electron chi connectivity index (χ1n) is 4.69. The third-order valence-corrected chi connectivity index (χ3v) is 2.25. The number of hydrogen-bond donors (Lipinski definition) is 0. The number of nitro benzene ring substituents is 1. The van der Waals surface area contributed by atoms with Gasteiger partial charge in [-0.2, -0.15) is 0 Å². The molecule has 0 bridgehead atoms. The minimum atomic E-state index is -0.730. The summed E-state index contributed by atoms with van der Waals surface area (Å²) in [5.41, 5.74) is 0.120. The van der Waals surface area contributed by atoms with Gasteiger partial charge in [-0.05, 0) is 19.4 Å². The molecule has 16 heavy (non-hydrogen) atoms. The van der Waals surface area contributed by atoms with Gasteiger partial charge in [-0.15, -0.1) is 11.6 Å². The van der Waals surface area contributed by atoms with Crippen LogP contribution in [0.5, 0.6) is 5.75 Å². The first-order chi connectivity index (χ1) is 7.56. The largest absolute Gasteiger partial charge is 0.490 e. The molecule has 0 saturated carbocycles. The summed E-state index contributed by atoms with van der Waals surface area (Å²) < 4.78 is 18.5. The quantitative estimate of drug-likeness (QED) is 0.348. The highest BCUT2D eigenvalue weighted by Crippen LogP contribution is 2.26. The summed E-state index contributed by atoms with van der Waals surface area (Å²) in [7, 11) is 0. The van der Waals surface area contributed by atoms with Gasteiger partial charge in [-0.25, -0.2) is 4.39 Å². The number of nitro groups is 1. The van der Waals surface area contributed by atoms with Crippen molar-refractivity contribution in [3.05, 3.63) is 33.6 Å². The van der Waals surface area contributed by atoms with E-state index in [0.717, 1.165) is 6.07 Å². The van der Waals surface area contributed by atoms with Gasteiger partial charge in [0, 0.05) is 11.4 Å². The number of rotatable bonds is 5. The van der Waals surface area contributed by atoms with Crippen molar-refractivity contribution in [2.24, 2.45) is 0 Å². The van der Waals surface area contributed by atoms with E-state index in [1.165, 1.54) is 13.0 Å². The molecule has 0 aliphatic heterocycles. The highest BCUT2D eigenvalue weighted by molar-refractivity contribution is 6.17. The summed E-state index contributed by atoms with van der Waals surface area (Å²) in [6.45, 7) is 1.82. The first-order valence-corrected chi connectivity index (χ1v) is 5.23. The van der Waals surface area contributed by atoms with Crippen molar-refractivity contribution in [3.8, 4) is 5.75 Å². The summed E-state index contributed by atoms with van der Waals surface area (Å²) in [5.74, 6) is -0.284. The molecular weight excluding hydrogens is 237 g/mol. The zero-order chi connectivity index (χ0) is 12.1. The maximum atomic E-state index is 13.4. The molecule has 6 heteroatoms. The van der Waals surface area contributed by atoms with Gasteiger partial charge in [0.2, 0.25) is 0 Å². The minimum absolute atomic E-state index is 0.0215. The molecule has 0 aromatic heterocycles. The molecular formula is C10H11ClFNO3. The van der Waals surface area contributed by atoms with E-state index < -0.39 is 10.7 Å². The van der Waals surface area contributed by atoms with Crippen LogP contribution in [0.1, 0.15) is 12.0 Å². The van der Waals surface area contributed by atoms with E-state index in [1.807, 2.05) is 0 Å². The van der Waals surface area contributed by atoms with Crippen LogP contribution in [0.3, 0.4) is 0 Å². The van der Waals surface area contributed by atoms with Crippen molar-refractivity contribution in [2.45, 2.75) is 13.3 Å². The van der Waals surface area contributed by atoms with E-state index in [0.29, 0.717) is 17.9 Å². The van der Waals surface area contributed by atoms with Crippen molar-refractivity contribution >= 4 is 17.3 Å². The van der Waals surface area contributed by atoms with Crippen LogP contribution < -0.4 is 4.74 Å². The molecule has 1 aromatic rings. The van der Waals surface area contributed by atoms with Gasteiger partial charge >= 0.3 is 0 Å². The number of hydrogen-bond acceptors (Lipinski definition) is 3. The van der Waals surface area contributed by atoms with Gasteiger partial charge in [-0.3, -0.25) is 10.1 Å². The van der Waals surface area contributed by atoms with Gasteiger partial charge in [0.1, 0.15) is 0 Å². The van der Waals surface area contributed by atoms with E-state index >= 15 is 0 Å². The molecule has 0 radical (unpaired) electrons. The molecule has 0 unspecified atom stereocenters. The highest BCUT2D eigenvalue weighted by Gasteiger charge is 2.15. The summed E-state index contributed by atoms with van der Waals surface area (Å²) in [6.07, 6.45) is 0.594. The van der Waals surface area contributed by atoms with E-state index in [9.17, 15) is 14.5 Å². The Bertz CT molecular complexity index is 398. The second-order valence-electron chi connectivity index (χ2n) is 3.22. The molecule has 88 valence electrons. The Kier molecular flexibility index (Phi) is 4.49. The molecule has 0 spiro atoms. The Labute approximate surface area is 97.1 Å². The molecule has 0 heterocycles. The molecule has 0 amide bonds.